The molecule has 0 bridgehead atoms. The van der Waals surface area contributed by atoms with Gasteiger partial charge in [-0.1, -0.05) is 52.5 Å². The van der Waals surface area contributed by atoms with Crippen LogP contribution in [0.3, 0.4) is 0 Å². The Kier molecular flexibility index (Phi) is 8.97. The second-order valence-electron chi connectivity index (χ2n) is 4.50. The van der Waals surface area contributed by atoms with Gasteiger partial charge in [0.05, 0.1) is 6.61 Å². The molecule has 16 heavy (non-hydrogen) atoms. The van der Waals surface area contributed by atoms with E-state index in [0.29, 0.717) is 18.1 Å². The molecule has 0 rings (SSSR count). The quantitative estimate of drug-likeness (QED) is 0.336. The summed E-state index contributed by atoms with van der Waals surface area (Å²) in [7, 11) is 0. The fraction of sp³-hybridized carbons (Fsp3) is 0.786. The highest BCUT2D eigenvalue weighted by Crippen LogP contribution is 2.15. The third kappa shape index (κ3) is 7.49. The monoisotopic (exact) mass is 226 g/mol. The Labute approximate surface area is 100 Å². The van der Waals surface area contributed by atoms with E-state index >= 15 is 0 Å². The van der Waals surface area contributed by atoms with E-state index in [0.717, 1.165) is 6.42 Å². The van der Waals surface area contributed by atoms with Crippen LogP contribution in [0.2, 0.25) is 0 Å². The minimum Gasteiger partial charge on any atom is -0.462 e. The van der Waals surface area contributed by atoms with Crippen molar-refractivity contribution in [3.8, 4) is 0 Å². The van der Waals surface area contributed by atoms with Gasteiger partial charge in [0, 0.05) is 5.57 Å². The smallest absolute Gasteiger partial charge is 0.333 e. The first-order valence-corrected chi connectivity index (χ1v) is 6.44. The number of ether oxygens (including phenoxy) is 1. The largest absolute Gasteiger partial charge is 0.462 e. The molecule has 0 N–H and O–H groups in total. The van der Waals surface area contributed by atoms with Gasteiger partial charge in [0.15, 0.2) is 0 Å². The third-order valence-corrected chi connectivity index (χ3v) is 2.84. The summed E-state index contributed by atoms with van der Waals surface area (Å²) in [5, 5.41) is 0. The van der Waals surface area contributed by atoms with Crippen molar-refractivity contribution in [1.29, 1.82) is 0 Å². The van der Waals surface area contributed by atoms with Gasteiger partial charge in [0.1, 0.15) is 0 Å². The molecule has 0 spiro atoms. The molecule has 0 aromatic carbocycles. The van der Waals surface area contributed by atoms with Gasteiger partial charge in [-0.25, -0.2) is 4.79 Å². The second kappa shape index (κ2) is 9.44. The summed E-state index contributed by atoms with van der Waals surface area (Å²) >= 11 is 0. The minimum absolute atomic E-state index is 0.257. The van der Waals surface area contributed by atoms with Crippen molar-refractivity contribution >= 4 is 5.97 Å². The lowest BCUT2D eigenvalue weighted by Crippen LogP contribution is -2.14. The fourth-order valence-electron chi connectivity index (χ4n) is 1.58. The van der Waals surface area contributed by atoms with Crippen LogP contribution in [0.15, 0.2) is 12.2 Å². The molecule has 1 unspecified atom stereocenters. The summed E-state index contributed by atoms with van der Waals surface area (Å²) in [5.74, 6) is 0.257. The normalized spacial score (nSPS) is 12.2. The zero-order valence-corrected chi connectivity index (χ0v) is 11.1. The molecule has 0 aliphatic rings. The predicted octanol–water partition coefficient (Wildman–Crippen LogP) is 4.10. The molecular formula is C14H26O2. The van der Waals surface area contributed by atoms with E-state index < -0.39 is 0 Å². The van der Waals surface area contributed by atoms with Gasteiger partial charge in [-0.2, -0.15) is 0 Å². The lowest BCUT2D eigenvalue weighted by molar-refractivity contribution is -0.140. The van der Waals surface area contributed by atoms with E-state index in [4.69, 9.17) is 4.74 Å². The van der Waals surface area contributed by atoms with Crippen LogP contribution in [0.25, 0.3) is 0 Å². The Morgan fingerprint density at radius 2 is 1.94 bits per heavy atom. The number of carbonyl (C=O) groups excluding carboxylic acids is 1. The van der Waals surface area contributed by atoms with E-state index in [9.17, 15) is 4.79 Å². The van der Waals surface area contributed by atoms with Crippen LogP contribution in [0.1, 0.15) is 59.3 Å². The molecule has 0 aromatic rings. The Hall–Kier alpha value is -0.790. The number of esters is 1. The van der Waals surface area contributed by atoms with Crippen molar-refractivity contribution in [3.05, 3.63) is 12.2 Å². The van der Waals surface area contributed by atoms with Crippen LogP contribution < -0.4 is 0 Å². The van der Waals surface area contributed by atoms with E-state index in [-0.39, 0.29) is 5.97 Å². The standard InChI is InChI=1S/C14H26O2/c1-5-7-8-9-10-13(6-2)11-16-14(15)12(3)4/h13H,3,5-11H2,1-2,4H3. The zero-order chi connectivity index (χ0) is 12.4. The maximum absolute atomic E-state index is 11.2. The lowest BCUT2D eigenvalue weighted by atomic mass is 9.99. The summed E-state index contributed by atoms with van der Waals surface area (Å²) in [6.07, 6.45) is 7.36. The highest BCUT2D eigenvalue weighted by atomic mass is 16.5. The van der Waals surface area contributed by atoms with Gasteiger partial charge in [-0.05, 0) is 19.3 Å². The molecule has 0 saturated carbocycles. The molecule has 0 saturated heterocycles. The molecule has 1 atom stereocenters. The van der Waals surface area contributed by atoms with Crippen molar-refractivity contribution in [2.45, 2.75) is 59.3 Å². The highest BCUT2D eigenvalue weighted by molar-refractivity contribution is 5.86. The van der Waals surface area contributed by atoms with Crippen molar-refractivity contribution in [2.24, 2.45) is 5.92 Å². The molecule has 0 aliphatic carbocycles. The zero-order valence-electron chi connectivity index (χ0n) is 11.1. The fourth-order valence-corrected chi connectivity index (χ4v) is 1.58. The average molecular weight is 226 g/mol. The van der Waals surface area contributed by atoms with Gasteiger partial charge >= 0.3 is 5.97 Å². The molecule has 94 valence electrons. The first-order valence-electron chi connectivity index (χ1n) is 6.44. The minimum atomic E-state index is -0.257. The van der Waals surface area contributed by atoms with E-state index in [1.54, 1.807) is 6.92 Å². The summed E-state index contributed by atoms with van der Waals surface area (Å²) in [4.78, 5) is 11.2. The van der Waals surface area contributed by atoms with Crippen molar-refractivity contribution in [1.82, 2.24) is 0 Å². The molecule has 0 amide bonds. The van der Waals surface area contributed by atoms with E-state index in [1.807, 2.05) is 0 Å². The van der Waals surface area contributed by atoms with Crippen molar-refractivity contribution in [2.75, 3.05) is 6.61 Å². The molecule has 0 radical (unpaired) electrons. The number of hydrogen-bond donors (Lipinski definition) is 0. The molecule has 0 fully saturated rings. The summed E-state index contributed by atoms with van der Waals surface area (Å²) in [6, 6.07) is 0. The van der Waals surface area contributed by atoms with Gasteiger partial charge in [-0.3, -0.25) is 0 Å². The van der Waals surface area contributed by atoms with Crippen molar-refractivity contribution in [3.63, 3.8) is 0 Å². The number of unbranched alkanes of at least 4 members (excludes halogenated alkanes) is 3. The van der Waals surface area contributed by atoms with Gasteiger partial charge in [-0.15, -0.1) is 0 Å². The van der Waals surface area contributed by atoms with Crippen LogP contribution >= 0.6 is 0 Å². The summed E-state index contributed by atoms with van der Waals surface area (Å²) in [6.45, 7) is 10.2. The van der Waals surface area contributed by atoms with E-state index in [2.05, 4.69) is 20.4 Å². The molecular weight excluding hydrogens is 200 g/mol. The lowest BCUT2D eigenvalue weighted by Gasteiger charge is -2.14. The molecule has 0 aliphatic heterocycles. The maximum Gasteiger partial charge on any atom is 0.333 e. The Morgan fingerprint density at radius 3 is 2.44 bits per heavy atom. The van der Waals surface area contributed by atoms with Crippen LogP contribution in [-0.4, -0.2) is 12.6 Å². The Bertz CT molecular complexity index is 209. The van der Waals surface area contributed by atoms with Crippen molar-refractivity contribution < 1.29 is 9.53 Å². The summed E-state index contributed by atoms with van der Waals surface area (Å²) in [5.41, 5.74) is 0.487. The van der Waals surface area contributed by atoms with Gasteiger partial charge in [0.25, 0.3) is 0 Å². The maximum atomic E-state index is 11.2. The first kappa shape index (κ1) is 15.2. The average Bonchev–Trinajstić information content (AvgIpc) is 2.27. The van der Waals surface area contributed by atoms with E-state index in [1.165, 1.54) is 32.1 Å². The molecule has 0 heterocycles. The van der Waals surface area contributed by atoms with Gasteiger partial charge in [0.2, 0.25) is 0 Å². The molecule has 2 heteroatoms. The summed E-state index contributed by atoms with van der Waals surface area (Å²) < 4.78 is 5.18. The second-order valence-corrected chi connectivity index (χ2v) is 4.50. The topological polar surface area (TPSA) is 26.3 Å². The van der Waals surface area contributed by atoms with Crippen LogP contribution in [0.4, 0.5) is 0 Å². The van der Waals surface area contributed by atoms with Crippen LogP contribution in [0, 0.1) is 5.92 Å². The number of hydrogen-bond acceptors (Lipinski definition) is 2. The van der Waals surface area contributed by atoms with Crippen LogP contribution in [0.5, 0.6) is 0 Å². The number of carbonyl (C=O) groups is 1. The number of rotatable bonds is 9. The highest BCUT2D eigenvalue weighted by Gasteiger charge is 2.10. The Balaban J connectivity index is 3.66. The Morgan fingerprint density at radius 1 is 1.25 bits per heavy atom. The molecule has 0 aromatic heterocycles. The third-order valence-electron chi connectivity index (χ3n) is 2.84. The molecule has 2 nitrogen and oxygen atoms in total. The SMILES string of the molecule is C=C(C)C(=O)OCC(CC)CCCCCC. The van der Waals surface area contributed by atoms with Crippen LogP contribution in [-0.2, 0) is 9.53 Å². The predicted molar refractivity (Wildman–Crippen MR) is 68.3 cm³/mol. The first-order chi connectivity index (χ1) is 7.61. The van der Waals surface area contributed by atoms with Gasteiger partial charge < -0.3 is 4.74 Å².